The number of hydrogen-bond acceptors (Lipinski definition) is 4. The zero-order valence-electron chi connectivity index (χ0n) is 12.6. The maximum Gasteiger partial charge on any atom is 0.123 e. The van der Waals surface area contributed by atoms with Gasteiger partial charge >= 0.3 is 0 Å². The molecule has 0 radical (unpaired) electrons. The second-order valence-electron chi connectivity index (χ2n) is 5.46. The number of rotatable bonds is 0. The molecular formula is C18H10F2NiS4-4. The molecule has 0 saturated carbocycles. The van der Waals surface area contributed by atoms with Crippen LogP contribution in [0.25, 0.3) is 9.81 Å². The van der Waals surface area contributed by atoms with Gasteiger partial charge in [-0.3, -0.25) is 0 Å². The Labute approximate surface area is 177 Å². The van der Waals surface area contributed by atoms with E-state index in [1.54, 1.807) is 12.1 Å². The topological polar surface area (TPSA) is 0 Å². The van der Waals surface area contributed by atoms with Crippen LogP contribution in [0.1, 0.15) is 22.3 Å². The van der Waals surface area contributed by atoms with Crippen molar-refractivity contribution in [3.63, 3.8) is 0 Å². The van der Waals surface area contributed by atoms with E-state index in [0.29, 0.717) is 22.7 Å². The third-order valence-corrected chi connectivity index (χ3v) is 5.72. The summed E-state index contributed by atoms with van der Waals surface area (Å²) in [6.45, 7) is 0. The Morgan fingerprint density at radius 3 is 1.36 bits per heavy atom. The Hall–Kier alpha value is -0.846. The van der Waals surface area contributed by atoms with Crippen LogP contribution in [0.5, 0.6) is 0 Å². The van der Waals surface area contributed by atoms with Crippen LogP contribution in [0.4, 0.5) is 8.78 Å². The monoisotopic (exact) mass is 450 g/mol. The van der Waals surface area contributed by atoms with Gasteiger partial charge in [-0.2, -0.15) is 9.81 Å². The van der Waals surface area contributed by atoms with Crippen LogP contribution in [-0.2, 0) is 79.8 Å². The number of allylic oxidation sites excluding steroid dienone is 2. The SMILES string of the molecule is Fc1ccc2c(c1)CC([S-])=C2[S-].Fc1ccc2c(c1)CC([S-])=C2[S-].[Ni]. The zero-order chi connectivity index (χ0) is 17.4. The van der Waals surface area contributed by atoms with Gasteiger partial charge in [0, 0.05) is 16.5 Å². The fraction of sp³-hybridized carbons (Fsp3) is 0.111. The predicted octanol–water partition coefficient (Wildman–Crippen LogP) is 4.29. The first kappa shape index (κ1) is 20.5. The van der Waals surface area contributed by atoms with Crippen molar-refractivity contribution < 1.29 is 25.3 Å². The maximum atomic E-state index is 12.7. The smallest absolute Gasteiger partial charge is 0.123 e. The summed E-state index contributed by atoms with van der Waals surface area (Å²) in [4.78, 5) is 2.93. The van der Waals surface area contributed by atoms with E-state index in [9.17, 15) is 8.78 Å². The van der Waals surface area contributed by atoms with Crippen LogP contribution < -0.4 is 0 Å². The van der Waals surface area contributed by atoms with Crippen molar-refractivity contribution in [3.05, 3.63) is 80.1 Å². The van der Waals surface area contributed by atoms with E-state index in [-0.39, 0.29) is 28.1 Å². The average molecular weight is 451 g/mol. The van der Waals surface area contributed by atoms with E-state index in [0.717, 1.165) is 32.1 Å². The summed E-state index contributed by atoms with van der Waals surface area (Å²) in [6.07, 6.45) is 1.25. The molecule has 4 rings (SSSR count). The number of hydrogen-bond donors (Lipinski definition) is 0. The molecule has 0 nitrogen and oxygen atoms in total. The van der Waals surface area contributed by atoms with E-state index < -0.39 is 0 Å². The molecule has 0 heterocycles. The largest absolute Gasteiger partial charge is 0.785 e. The minimum Gasteiger partial charge on any atom is -0.785 e. The van der Waals surface area contributed by atoms with Crippen molar-refractivity contribution in [2.45, 2.75) is 12.8 Å². The molecule has 0 amide bonds. The van der Waals surface area contributed by atoms with Crippen molar-refractivity contribution in [2.75, 3.05) is 0 Å². The van der Waals surface area contributed by atoms with Crippen molar-refractivity contribution >= 4 is 60.3 Å². The quantitative estimate of drug-likeness (QED) is 0.433. The van der Waals surface area contributed by atoms with E-state index in [1.807, 2.05) is 0 Å². The van der Waals surface area contributed by atoms with Gasteiger partial charge in [0.25, 0.3) is 0 Å². The van der Waals surface area contributed by atoms with Crippen LogP contribution in [0.3, 0.4) is 0 Å². The van der Waals surface area contributed by atoms with Gasteiger partial charge in [-0.05, 0) is 59.4 Å². The summed E-state index contributed by atoms with van der Waals surface area (Å²) in [7, 11) is 0. The number of halogens is 2. The summed E-state index contributed by atoms with van der Waals surface area (Å²) >= 11 is 20.2. The van der Waals surface area contributed by atoms with E-state index in [1.165, 1.54) is 24.3 Å². The number of benzene rings is 2. The molecule has 2 aliphatic rings. The standard InChI is InChI=1S/2C9H7FS2.Ni/c2*10-6-1-2-7-5(3-6)4-8(11)9(7)12;/h2*1-3,11-12H,4H2;/p-4. The van der Waals surface area contributed by atoms with Crippen LogP contribution in [0.2, 0.25) is 0 Å². The molecule has 0 fully saturated rings. The molecule has 2 aliphatic carbocycles. The molecule has 0 N–H and O–H groups in total. The molecule has 0 unspecified atom stereocenters. The molecule has 0 spiro atoms. The molecule has 0 aromatic heterocycles. The summed E-state index contributed by atoms with van der Waals surface area (Å²) in [6, 6.07) is 9.23. The third kappa shape index (κ3) is 4.29. The first-order chi connectivity index (χ1) is 11.4. The van der Waals surface area contributed by atoms with Crippen LogP contribution in [0, 0.1) is 11.6 Å². The first-order valence-electron chi connectivity index (χ1n) is 7.08. The van der Waals surface area contributed by atoms with Crippen LogP contribution in [0.15, 0.2) is 46.2 Å². The molecule has 0 saturated heterocycles. The second-order valence-corrected chi connectivity index (χ2v) is 7.26. The van der Waals surface area contributed by atoms with Crippen molar-refractivity contribution in [1.82, 2.24) is 0 Å². The van der Waals surface area contributed by atoms with E-state index in [4.69, 9.17) is 50.5 Å². The van der Waals surface area contributed by atoms with Gasteiger partial charge in [-0.15, -0.1) is 0 Å². The minimum absolute atomic E-state index is 0. The Morgan fingerprint density at radius 1 is 0.640 bits per heavy atom. The summed E-state index contributed by atoms with van der Waals surface area (Å²) in [5.41, 5.74) is 3.70. The van der Waals surface area contributed by atoms with Gasteiger partial charge in [0.15, 0.2) is 0 Å². The Bertz CT molecular complexity index is 817. The van der Waals surface area contributed by atoms with Gasteiger partial charge in [0.1, 0.15) is 11.6 Å². The predicted molar refractivity (Wildman–Crippen MR) is 104 cm³/mol. The molecule has 0 bridgehead atoms. The van der Waals surface area contributed by atoms with Gasteiger partial charge in [0.05, 0.1) is 0 Å². The molecule has 7 heteroatoms. The molecule has 2 aromatic carbocycles. The molecular weight excluding hydrogens is 441 g/mol. The Kier molecular flexibility index (Phi) is 6.74. The van der Waals surface area contributed by atoms with Gasteiger partial charge in [-0.25, -0.2) is 18.6 Å². The van der Waals surface area contributed by atoms with Crippen molar-refractivity contribution in [1.29, 1.82) is 0 Å². The molecule has 0 atom stereocenters. The molecule has 25 heavy (non-hydrogen) atoms. The van der Waals surface area contributed by atoms with Crippen LogP contribution in [-0.4, -0.2) is 0 Å². The average Bonchev–Trinajstić information content (AvgIpc) is 2.96. The third-order valence-electron chi connectivity index (χ3n) is 3.83. The fourth-order valence-electron chi connectivity index (χ4n) is 2.67. The van der Waals surface area contributed by atoms with Crippen molar-refractivity contribution in [3.8, 4) is 0 Å². The maximum absolute atomic E-state index is 12.7. The Morgan fingerprint density at radius 2 is 1.00 bits per heavy atom. The van der Waals surface area contributed by atoms with E-state index >= 15 is 0 Å². The van der Waals surface area contributed by atoms with Crippen LogP contribution >= 0.6 is 0 Å². The van der Waals surface area contributed by atoms with Crippen molar-refractivity contribution in [2.24, 2.45) is 0 Å². The van der Waals surface area contributed by atoms with Gasteiger partial charge in [-0.1, -0.05) is 12.1 Å². The molecule has 134 valence electrons. The summed E-state index contributed by atoms with van der Waals surface area (Å²) in [5, 5.41) is 0. The first-order valence-corrected chi connectivity index (χ1v) is 8.72. The van der Waals surface area contributed by atoms with E-state index in [2.05, 4.69) is 0 Å². The summed E-state index contributed by atoms with van der Waals surface area (Å²) in [5.74, 6) is -0.442. The fourth-order valence-corrected chi connectivity index (χ4v) is 3.74. The minimum atomic E-state index is -0.221. The summed E-state index contributed by atoms with van der Waals surface area (Å²) < 4.78 is 25.5. The van der Waals surface area contributed by atoms with Gasteiger partial charge < -0.3 is 50.5 Å². The molecule has 2 aromatic rings. The number of fused-ring (bicyclic) bond motifs is 2. The Balaban J connectivity index is 0.000000173. The second kappa shape index (κ2) is 8.23. The van der Waals surface area contributed by atoms with Gasteiger partial charge in [0.2, 0.25) is 0 Å². The normalized spacial score (nSPS) is 14.5. The molecule has 0 aliphatic heterocycles. The zero-order valence-corrected chi connectivity index (χ0v) is 16.8.